The largest absolute Gasteiger partial charge is 0.381 e. The molecule has 12 heteroatoms. The number of nitrogens with two attached hydrogens (primary N) is 1. The summed E-state index contributed by atoms with van der Waals surface area (Å²) in [6.07, 6.45) is 6.91. The summed E-state index contributed by atoms with van der Waals surface area (Å²) in [5.41, 5.74) is 8.45. The standard InChI is InChI=1S/C21H20N10O2/c22-11-13-1-3-14(4-2-13)18-15(20-25-8-9-26-20)12-28-21(30-18)27-10-7-24-17-6-5-16(31(32)33)19(23)29-17/h1-4,6,8-9,12,16,24H,5,7,10H2,(H2,23,29)(H,25,26)(H,27,28,30). The van der Waals surface area contributed by atoms with Crippen molar-refractivity contribution in [1.82, 2.24) is 25.3 Å². The van der Waals surface area contributed by atoms with E-state index in [0.29, 0.717) is 41.9 Å². The van der Waals surface area contributed by atoms with Gasteiger partial charge in [-0.25, -0.2) is 19.9 Å². The van der Waals surface area contributed by atoms with E-state index < -0.39 is 11.0 Å². The number of aliphatic imine (C=N–C) groups is 1. The molecule has 1 aliphatic heterocycles. The Balaban J connectivity index is 1.44. The number of nitrogens with zero attached hydrogens (tertiary/aromatic N) is 6. The van der Waals surface area contributed by atoms with E-state index in [9.17, 15) is 10.1 Å². The minimum absolute atomic E-state index is 0.0122. The second kappa shape index (κ2) is 9.56. The lowest BCUT2D eigenvalue weighted by Gasteiger charge is -2.15. The molecule has 0 bridgehead atoms. The van der Waals surface area contributed by atoms with Gasteiger partial charge in [-0.15, -0.1) is 0 Å². The summed E-state index contributed by atoms with van der Waals surface area (Å²) in [5.74, 6) is 1.54. The molecule has 0 saturated heterocycles. The summed E-state index contributed by atoms with van der Waals surface area (Å²) < 4.78 is 0. The van der Waals surface area contributed by atoms with Crippen LogP contribution < -0.4 is 16.4 Å². The number of rotatable bonds is 8. The molecular weight excluding hydrogens is 424 g/mol. The monoisotopic (exact) mass is 444 g/mol. The average molecular weight is 444 g/mol. The molecule has 0 saturated carbocycles. The molecule has 5 N–H and O–H groups in total. The Morgan fingerprint density at radius 1 is 1.24 bits per heavy atom. The molecule has 3 heterocycles. The number of anilines is 1. The third-order valence-corrected chi connectivity index (χ3v) is 4.92. The minimum Gasteiger partial charge on any atom is -0.381 e. The number of nitriles is 1. The van der Waals surface area contributed by atoms with E-state index >= 15 is 0 Å². The lowest BCUT2D eigenvalue weighted by atomic mass is 10.1. The maximum absolute atomic E-state index is 10.9. The zero-order valence-electron chi connectivity index (χ0n) is 17.4. The van der Waals surface area contributed by atoms with Gasteiger partial charge in [-0.3, -0.25) is 10.1 Å². The summed E-state index contributed by atoms with van der Waals surface area (Å²) in [6, 6.07) is 8.25. The number of H-pyrrole nitrogens is 1. The smallest absolute Gasteiger partial charge is 0.272 e. The fourth-order valence-electron chi connectivity index (χ4n) is 3.25. The average Bonchev–Trinajstić information content (AvgIpc) is 3.36. The number of amidine groups is 1. The van der Waals surface area contributed by atoms with Crippen LogP contribution in [0.2, 0.25) is 0 Å². The summed E-state index contributed by atoms with van der Waals surface area (Å²) in [6.45, 7) is 0.944. The number of hydrogen-bond donors (Lipinski definition) is 4. The number of hydrogen-bond acceptors (Lipinski definition) is 10. The van der Waals surface area contributed by atoms with Crippen molar-refractivity contribution >= 4 is 11.8 Å². The molecule has 166 valence electrons. The SMILES string of the molecule is N#Cc1ccc(-c2nc(NCCNC3=CCC([N+](=O)[O-])C(N)=N3)ncc2-c2ncc[nH]2)cc1. The highest BCUT2D eigenvalue weighted by molar-refractivity contribution is 5.86. The van der Waals surface area contributed by atoms with E-state index in [0.717, 1.165) is 11.1 Å². The number of benzene rings is 1. The van der Waals surface area contributed by atoms with Crippen LogP contribution in [0.15, 0.2) is 59.7 Å². The minimum atomic E-state index is -0.976. The third kappa shape index (κ3) is 4.93. The predicted molar refractivity (Wildman–Crippen MR) is 121 cm³/mol. The van der Waals surface area contributed by atoms with Crippen molar-refractivity contribution < 1.29 is 4.92 Å². The Bertz CT molecular complexity index is 1240. The zero-order chi connectivity index (χ0) is 23.2. The lowest BCUT2D eigenvalue weighted by molar-refractivity contribution is -0.502. The van der Waals surface area contributed by atoms with Gasteiger partial charge in [-0.2, -0.15) is 5.26 Å². The Morgan fingerprint density at radius 2 is 2.03 bits per heavy atom. The van der Waals surface area contributed by atoms with Crippen molar-refractivity contribution in [3.8, 4) is 28.7 Å². The zero-order valence-corrected chi connectivity index (χ0v) is 17.4. The topological polar surface area (TPSA) is 184 Å². The summed E-state index contributed by atoms with van der Waals surface area (Å²) in [7, 11) is 0. The van der Waals surface area contributed by atoms with Gasteiger partial charge in [0.05, 0.1) is 22.9 Å². The number of nitrogens with one attached hydrogen (secondary N) is 3. The van der Waals surface area contributed by atoms with Crippen LogP contribution in [-0.2, 0) is 0 Å². The Labute approximate surface area is 188 Å². The van der Waals surface area contributed by atoms with Crippen LogP contribution in [0.4, 0.5) is 5.95 Å². The van der Waals surface area contributed by atoms with Gasteiger partial charge in [-0.1, -0.05) is 12.1 Å². The lowest BCUT2D eigenvalue weighted by Crippen LogP contribution is -2.38. The van der Waals surface area contributed by atoms with Crippen molar-refractivity contribution in [2.45, 2.75) is 12.5 Å². The molecule has 1 aliphatic rings. The maximum Gasteiger partial charge on any atom is 0.272 e. The van der Waals surface area contributed by atoms with Crippen LogP contribution in [0.3, 0.4) is 0 Å². The number of imidazole rings is 1. The molecule has 33 heavy (non-hydrogen) atoms. The second-order valence-corrected chi connectivity index (χ2v) is 7.10. The predicted octanol–water partition coefficient (Wildman–Crippen LogP) is 1.65. The summed E-state index contributed by atoms with van der Waals surface area (Å²) in [4.78, 5) is 30.9. The number of nitro groups is 1. The first kappa shape index (κ1) is 21.4. The fraction of sp³-hybridized carbons (Fsp3) is 0.190. The van der Waals surface area contributed by atoms with Crippen LogP contribution in [0, 0.1) is 21.4 Å². The molecule has 0 spiro atoms. The van der Waals surface area contributed by atoms with E-state index in [1.807, 2.05) is 12.1 Å². The van der Waals surface area contributed by atoms with Crippen LogP contribution in [0.5, 0.6) is 0 Å². The number of aromatic nitrogens is 4. The highest BCUT2D eigenvalue weighted by atomic mass is 16.6. The van der Waals surface area contributed by atoms with Gasteiger partial charge in [-0.05, 0) is 18.2 Å². The molecular formula is C21H20N10O2. The summed E-state index contributed by atoms with van der Waals surface area (Å²) in [5, 5.41) is 26.2. The van der Waals surface area contributed by atoms with E-state index in [4.69, 9.17) is 11.0 Å². The molecule has 4 rings (SSSR count). The quantitative estimate of drug-likeness (QED) is 0.228. The molecule has 12 nitrogen and oxygen atoms in total. The van der Waals surface area contributed by atoms with Gasteiger partial charge >= 0.3 is 0 Å². The highest BCUT2D eigenvalue weighted by Gasteiger charge is 2.27. The second-order valence-electron chi connectivity index (χ2n) is 7.10. The van der Waals surface area contributed by atoms with Gasteiger partial charge in [0.1, 0.15) is 11.6 Å². The van der Waals surface area contributed by atoms with Crippen molar-refractivity contribution in [2.75, 3.05) is 18.4 Å². The van der Waals surface area contributed by atoms with E-state index in [1.54, 1.807) is 36.8 Å². The Kier molecular flexibility index (Phi) is 6.21. The van der Waals surface area contributed by atoms with Crippen molar-refractivity contribution in [3.05, 3.63) is 70.4 Å². The Morgan fingerprint density at radius 3 is 2.70 bits per heavy atom. The maximum atomic E-state index is 10.9. The summed E-state index contributed by atoms with van der Waals surface area (Å²) >= 11 is 0. The highest BCUT2D eigenvalue weighted by Crippen LogP contribution is 2.29. The van der Waals surface area contributed by atoms with Crippen molar-refractivity contribution in [3.63, 3.8) is 0 Å². The van der Waals surface area contributed by atoms with Crippen molar-refractivity contribution in [1.29, 1.82) is 5.26 Å². The fourth-order valence-corrected chi connectivity index (χ4v) is 3.25. The van der Waals surface area contributed by atoms with Gasteiger partial charge in [0.15, 0.2) is 5.84 Å². The first-order chi connectivity index (χ1) is 16.0. The van der Waals surface area contributed by atoms with E-state index in [-0.39, 0.29) is 12.3 Å². The molecule has 1 aromatic carbocycles. The molecule has 0 aliphatic carbocycles. The van der Waals surface area contributed by atoms with E-state index in [1.165, 1.54) is 0 Å². The normalized spacial score (nSPS) is 15.2. The van der Waals surface area contributed by atoms with E-state index in [2.05, 4.69) is 41.6 Å². The van der Waals surface area contributed by atoms with Crippen LogP contribution in [0.1, 0.15) is 12.0 Å². The van der Waals surface area contributed by atoms with Gasteiger partial charge in [0.25, 0.3) is 6.04 Å². The van der Waals surface area contributed by atoms with Crippen LogP contribution >= 0.6 is 0 Å². The molecule has 2 aromatic heterocycles. The van der Waals surface area contributed by atoms with Crippen molar-refractivity contribution in [2.24, 2.45) is 10.7 Å². The van der Waals surface area contributed by atoms with Gasteiger partial charge in [0, 0.05) is 48.6 Å². The Hall–Kier alpha value is -4.79. The molecule has 0 fully saturated rings. The first-order valence-corrected chi connectivity index (χ1v) is 10.1. The molecule has 1 atom stereocenters. The number of aromatic amines is 1. The van der Waals surface area contributed by atoms with Gasteiger partial charge in [0.2, 0.25) is 5.95 Å². The first-order valence-electron chi connectivity index (χ1n) is 10.1. The molecule has 3 aromatic rings. The van der Waals surface area contributed by atoms with Gasteiger partial charge < -0.3 is 21.4 Å². The van der Waals surface area contributed by atoms with Crippen LogP contribution in [-0.4, -0.2) is 49.8 Å². The molecule has 0 amide bonds. The van der Waals surface area contributed by atoms with Crippen LogP contribution in [0.25, 0.3) is 22.6 Å². The molecule has 0 radical (unpaired) electrons. The third-order valence-electron chi connectivity index (χ3n) is 4.92. The molecule has 1 unspecified atom stereocenters.